The van der Waals surface area contributed by atoms with Crippen LogP contribution in [0.5, 0.6) is 0 Å². The highest BCUT2D eigenvalue weighted by molar-refractivity contribution is 5.45. The average Bonchev–Trinajstić information content (AvgIpc) is 3.06. The molecule has 2 aromatic rings. The summed E-state index contributed by atoms with van der Waals surface area (Å²) in [6.45, 7) is 5.20. The maximum Gasteiger partial charge on any atom is 0.178 e. The summed E-state index contributed by atoms with van der Waals surface area (Å²) in [5.74, 6) is 2.30. The standard InChI is InChI=1S/C17H26N6O2/c1-21(2)16-4-3-15-18-19-17(23(15)20-16)13-5-7-22(8-6-13)11-14-12-24-9-10-25-14/h3-4,13-14H,5-12H2,1-2H3. The molecule has 2 aliphatic rings. The van der Waals surface area contributed by atoms with Gasteiger partial charge in [0.25, 0.3) is 0 Å². The number of rotatable bonds is 4. The quantitative estimate of drug-likeness (QED) is 0.810. The molecule has 1 atom stereocenters. The fourth-order valence-corrected chi connectivity index (χ4v) is 3.59. The number of nitrogens with zero attached hydrogens (tertiary/aromatic N) is 6. The summed E-state index contributed by atoms with van der Waals surface area (Å²) in [7, 11) is 3.99. The molecule has 2 fully saturated rings. The third-order valence-electron chi connectivity index (χ3n) is 5.03. The van der Waals surface area contributed by atoms with Crippen LogP contribution in [0.3, 0.4) is 0 Å². The summed E-state index contributed by atoms with van der Waals surface area (Å²) in [4.78, 5) is 4.47. The van der Waals surface area contributed by atoms with E-state index in [0.29, 0.717) is 19.1 Å². The smallest absolute Gasteiger partial charge is 0.178 e. The fraction of sp³-hybridized carbons (Fsp3) is 0.706. The van der Waals surface area contributed by atoms with E-state index in [-0.39, 0.29) is 6.10 Å². The second-order valence-corrected chi connectivity index (χ2v) is 7.06. The number of aromatic nitrogens is 4. The van der Waals surface area contributed by atoms with Crippen LogP contribution in [0.4, 0.5) is 5.82 Å². The van der Waals surface area contributed by atoms with Crippen molar-refractivity contribution in [3.05, 3.63) is 18.0 Å². The zero-order valence-corrected chi connectivity index (χ0v) is 15.0. The summed E-state index contributed by atoms with van der Waals surface area (Å²) in [5.41, 5.74) is 0.816. The molecule has 8 nitrogen and oxygen atoms in total. The molecule has 2 aliphatic heterocycles. The molecule has 0 amide bonds. The van der Waals surface area contributed by atoms with Gasteiger partial charge < -0.3 is 19.3 Å². The SMILES string of the molecule is CN(C)c1ccc2nnc(C3CCN(CC4COCCO4)CC3)n2n1. The molecular weight excluding hydrogens is 320 g/mol. The zero-order chi connectivity index (χ0) is 17.2. The molecule has 0 aromatic carbocycles. The Hall–Kier alpha value is -1.77. The van der Waals surface area contributed by atoms with Crippen LogP contribution in [0.1, 0.15) is 24.6 Å². The summed E-state index contributed by atoms with van der Waals surface area (Å²) < 4.78 is 13.2. The summed E-state index contributed by atoms with van der Waals surface area (Å²) in [6, 6.07) is 3.96. The number of piperidine rings is 1. The predicted molar refractivity (Wildman–Crippen MR) is 94.1 cm³/mol. The molecule has 0 spiro atoms. The molecule has 8 heteroatoms. The van der Waals surface area contributed by atoms with E-state index in [9.17, 15) is 0 Å². The van der Waals surface area contributed by atoms with Crippen LogP contribution in [-0.4, -0.2) is 84.4 Å². The van der Waals surface area contributed by atoms with Gasteiger partial charge in [0.2, 0.25) is 0 Å². The molecule has 2 saturated heterocycles. The molecule has 0 saturated carbocycles. The number of ether oxygens (including phenoxy) is 2. The second-order valence-electron chi connectivity index (χ2n) is 7.06. The van der Waals surface area contributed by atoms with E-state index in [4.69, 9.17) is 9.47 Å². The lowest BCUT2D eigenvalue weighted by Crippen LogP contribution is -2.43. The summed E-state index contributed by atoms with van der Waals surface area (Å²) in [6.07, 6.45) is 2.35. The largest absolute Gasteiger partial charge is 0.376 e. The molecule has 4 rings (SSSR count). The lowest BCUT2D eigenvalue weighted by atomic mass is 9.96. The molecule has 25 heavy (non-hydrogen) atoms. The van der Waals surface area contributed by atoms with Crippen LogP contribution >= 0.6 is 0 Å². The van der Waals surface area contributed by atoms with Gasteiger partial charge >= 0.3 is 0 Å². The van der Waals surface area contributed by atoms with E-state index >= 15 is 0 Å². The van der Waals surface area contributed by atoms with Crippen molar-refractivity contribution in [2.45, 2.75) is 24.9 Å². The minimum absolute atomic E-state index is 0.212. The normalized spacial score (nSPS) is 23.2. The Bertz CT molecular complexity index is 704. The van der Waals surface area contributed by atoms with Gasteiger partial charge in [0, 0.05) is 26.6 Å². The fourth-order valence-electron chi connectivity index (χ4n) is 3.59. The van der Waals surface area contributed by atoms with Crippen molar-refractivity contribution in [1.82, 2.24) is 24.7 Å². The van der Waals surface area contributed by atoms with Gasteiger partial charge in [0.05, 0.1) is 25.9 Å². The van der Waals surface area contributed by atoms with Crippen molar-refractivity contribution >= 4 is 11.5 Å². The van der Waals surface area contributed by atoms with E-state index in [1.807, 2.05) is 35.6 Å². The molecule has 0 N–H and O–H groups in total. The van der Waals surface area contributed by atoms with E-state index < -0.39 is 0 Å². The highest BCUT2D eigenvalue weighted by Crippen LogP contribution is 2.27. The minimum atomic E-state index is 0.212. The van der Waals surface area contributed by atoms with E-state index in [2.05, 4.69) is 20.2 Å². The van der Waals surface area contributed by atoms with E-state index in [0.717, 1.165) is 56.4 Å². The molecule has 136 valence electrons. The van der Waals surface area contributed by atoms with E-state index in [1.54, 1.807) is 0 Å². The number of likely N-dealkylation sites (tertiary alicyclic amines) is 1. The van der Waals surface area contributed by atoms with Crippen LogP contribution in [0, 0.1) is 0 Å². The van der Waals surface area contributed by atoms with Crippen molar-refractivity contribution < 1.29 is 9.47 Å². The third kappa shape index (κ3) is 3.61. The predicted octanol–water partition coefficient (Wildman–Crippen LogP) is 0.785. The van der Waals surface area contributed by atoms with Crippen LogP contribution in [0.2, 0.25) is 0 Å². The van der Waals surface area contributed by atoms with Gasteiger partial charge in [-0.25, -0.2) is 0 Å². The molecule has 0 aliphatic carbocycles. The monoisotopic (exact) mass is 346 g/mol. The summed E-state index contributed by atoms with van der Waals surface area (Å²) >= 11 is 0. The van der Waals surface area contributed by atoms with Crippen molar-refractivity contribution in [1.29, 1.82) is 0 Å². The van der Waals surface area contributed by atoms with Gasteiger partial charge in [0.1, 0.15) is 5.82 Å². The molecule has 4 heterocycles. The molecule has 0 radical (unpaired) electrons. The van der Waals surface area contributed by atoms with Gasteiger partial charge in [0.15, 0.2) is 11.5 Å². The first-order valence-corrected chi connectivity index (χ1v) is 9.02. The van der Waals surface area contributed by atoms with Gasteiger partial charge in [-0.2, -0.15) is 4.52 Å². The van der Waals surface area contributed by atoms with Gasteiger partial charge in [-0.3, -0.25) is 0 Å². The second kappa shape index (κ2) is 7.23. The maximum absolute atomic E-state index is 5.77. The first-order valence-electron chi connectivity index (χ1n) is 9.02. The van der Waals surface area contributed by atoms with Crippen molar-refractivity contribution in [3.8, 4) is 0 Å². The Balaban J connectivity index is 1.42. The maximum atomic E-state index is 5.77. The highest BCUT2D eigenvalue weighted by Gasteiger charge is 2.27. The first-order chi connectivity index (χ1) is 12.2. The number of hydrogen-bond acceptors (Lipinski definition) is 7. The van der Waals surface area contributed by atoms with E-state index in [1.165, 1.54) is 0 Å². The Morgan fingerprint density at radius 1 is 1.16 bits per heavy atom. The van der Waals surface area contributed by atoms with Crippen LogP contribution in [0.15, 0.2) is 12.1 Å². The van der Waals surface area contributed by atoms with Crippen LogP contribution in [-0.2, 0) is 9.47 Å². The lowest BCUT2D eigenvalue weighted by Gasteiger charge is -2.34. The minimum Gasteiger partial charge on any atom is -0.376 e. The first kappa shape index (κ1) is 16.7. The Kier molecular flexibility index (Phi) is 4.82. The van der Waals surface area contributed by atoms with Gasteiger partial charge in [-0.05, 0) is 38.1 Å². The third-order valence-corrected chi connectivity index (χ3v) is 5.03. The Labute approximate surface area is 147 Å². The average molecular weight is 346 g/mol. The van der Waals surface area contributed by atoms with Gasteiger partial charge in [-0.1, -0.05) is 0 Å². The molecule has 0 bridgehead atoms. The zero-order valence-electron chi connectivity index (χ0n) is 15.0. The number of anilines is 1. The lowest BCUT2D eigenvalue weighted by molar-refractivity contribution is -0.0988. The molecule has 1 unspecified atom stereocenters. The Morgan fingerprint density at radius 2 is 2.00 bits per heavy atom. The summed E-state index contributed by atoms with van der Waals surface area (Å²) in [5, 5.41) is 13.4. The topological polar surface area (TPSA) is 68.0 Å². The Morgan fingerprint density at radius 3 is 2.72 bits per heavy atom. The molecular formula is C17H26N6O2. The van der Waals surface area contributed by atoms with Gasteiger partial charge in [-0.15, -0.1) is 15.3 Å². The van der Waals surface area contributed by atoms with Crippen molar-refractivity contribution in [2.24, 2.45) is 0 Å². The van der Waals surface area contributed by atoms with Crippen LogP contribution in [0.25, 0.3) is 5.65 Å². The van der Waals surface area contributed by atoms with Crippen molar-refractivity contribution in [3.63, 3.8) is 0 Å². The number of hydrogen-bond donors (Lipinski definition) is 0. The van der Waals surface area contributed by atoms with Crippen molar-refractivity contribution in [2.75, 3.05) is 58.5 Å². The van der Waals surface area contributed by atoms with Crippen LogP contribution < -0.4 is 4.90 Å². The highest BCUT2D eigenvalue weighted by atomic mass is 16.6. The number of fused-ring (bicyclic) bond motifs is 1. The molecule has 2 aromatic heterocycles.